The van der Waals surface area contributed by atoms with Gasteiger partial charge in [-0.2, -0.15) is 4.98 Å². The van der Waals surface area contributed by atoms with Gasteiger partial charge in [0.25, 0.3) is 5.56 Å². The molecule has 0 aliphatic carbocycles. The van der Waals surface area contributed by atoms with Gasteiger partial charge in [0.05, 0.1) is 11.9 Å². The van der Waals surface area contributed by atoms with Crippen LogP contribution >= 0.6 is 0 Å². The van der Waals surface area contributed by atoms with Crippen LogP contribution in [0.5, 0.6) is 0 Å². The second-order valence-corrected chi connectivity index (χ2v) is 2.69. The molecule has 0 fully saturated rings. The molecule has 0 radical (unpaired) electrons. The largest absolute Gasteiger partial charge is 0.369 e. The number of hydrogen-bond donors (Lipinski definition) is 3. The highest BCUT2D eigenvalue weighted by molar-refractivity contribution is 5.69. The third-order valence-electron chi connectivity index (χ3n) is 1.70. The Bertz CT molecular complexity index is 533. The minimum Gasteiger partial charge on any atom is -0.369 e. The van der Waals surface area contributed by atoms with Crippen molar-refractivity contribution in [3.63, 3.8) is 0 Å². The smallest absolute Gasteiger partial charge is 0.280 e. The lowest BCUT2D eigenvalue weighted by atomic mass is 10.4. The first-order chi connectivity index (χ1) is 6.70. The zero-order chi connectivity index (χ0) is 10.1. The highest BCUT2D eigenvalue weighted by Crippen LogP contribution is 2.01. The lowest BCUT2D eigenvalue weighted by Gasteiger charge is -1.98. The maximum absolute atomic E-state index is 11.3. The van der Waals surface area contributed by atoms with Gasteiger partial charge in [-0.3, -0.25) is 9.78 Å². The number of rotatable bonds is 1. The molecule has 5 N–H and O–H groups in total. The fourth-order valence-corrected chi connectivity index (χ4v) is 1.07. The molecule has 2 rings (SSSR count). The van der Waals surface area contributed by atoms with Gasteiger partial charge in [0.1, 0.15) is 0 Å². The predicted molar refractivity (Wildman–Crippen MR) is 50.3 cm³/mol. The van der Waals surface area contributed by atoms with Crippen molar-refractivity contribution >= 4 is 17.1 Å². The Balaban J connectivity index is 2.82. The number of nitrogen functional groups attached to an aromatic ring is 1. The molecule has 2 heterocycles. The fourth-order valence-electron chi connectivity index (χ4n) is 1.07. The summed E-state index contributed by atoms with van der Waals surface area (Å²) in [5, 5.41) is 0. The third kappa shape index (κ3) is 1.29. The van der Waals surface area contributed by atoms with Crippen LogP contribution in [0.15, 0.2) is 11.0 Å². The molecule has 72 valence electrons. The first-order valence-corrected chi connectivity index (χ1v) is 3.92. The van der Waals surface area contributed by atoms with Gasteiger partial charge < -0.3 is 11.5 Å². The van der Waals surface area contributed by atoms with E-state index in [-0.39, 0.29) is 23.7 Å². The maximum atomic E-state index is 11.3. The summed E-state index contributed by atoms with van der Waals surface area (Å²) in [7, 11) is 0. The van der Waals surface area contributed by atoms with Crippen molar-refractivity contribution in [1.82, 2.24) is 19.9 Å². The molecule has 0 amide bonds. The molecule has 0 aliphatic heterocycles. The monoisotopic (exact) mass is 192 g/mol. The number of aromatic nitrogens is 4. The van der Waals surface area contributed by atoms with E-state index in [1.165, 1.54) is 6.20 Å². The van der Waals surface area contributed by atoms with Gasteiger partial charge in [-0.15, -0.1) is 0 Å². The zero-order valence-corrected chi connectivity index (χ0v) is 7.19. The van der Waals surface area contributed by atoms with Gasteiger partial charge in [-0.05, 0) is 0 Å². The third-order valence-corrected chi connectivity index (χ3v) is 1.70. The van der Waals surface area contributed by atoms with Crippen LogP contribution in [0.25, 0.3) is 11.2 Å². The summed E-state index contributed by atoms with van der Waals surface area (Å²) >= 11 is 0. The van der Waals surface area contributed by atoms with E-state index < -0.39 is 5.56 Å². The zero-order valence-electron chi connectivity index (χ0n) is 7.19. The predicted octanol–water partition coefficient (Wildman–Crippen LogP) is -1.25. The number of aromatic amines is 1. The number of H-pyrrole nitrogens is 1. The lowest BCUT2D eigenvalue weighted by Crippen LogP contribution is -2.14. The molecule has 7 nitrogen and oxygen atoms in total. The van der Waals surface area contributed by atoms with Gasteiger partial charge >= 0.3 is 0 Å². The molecule has 14 heavy (non-hydrogen) atoms. The summed E-state index contributed by atoms with van der Waals surface area (Å²) in [6.45, 7) is 0.229. The molecule has 2 aromatic heterocycles. The highest BCUT2D eigenvalue weighted by atomic mass is 16.1. The molecule has 0 aromatic carbocycles. The number of hydrogen-bond acceptors (Lipinski definition) is 6. The maximum Gasteiger partial charge on any atom is 0.280 e. The second kappa shape index (κ2) is 3.04. The molecule has 2 aromatic rings. The van der Waals surface area contributed by atoms with E-state index in [9.17, 15) is 4.79 Å². The molecule has 7 heteroatoms. The SMILES string of the molecule is NCc1cnc2nc(N)[nH]c(=O)c2n1. The topological polar surface area (TPSA) is 124 Å². The average Bonchev–Trinajstić information content (AvgIpc) is 2.17. The molecule has 0 saturated heterocycles. The van der Waals surface area contributed by atoms with Gasteiger partial charge in [0.15, 0.2) is 11.2 Å². The Morgan fingerprint density at radius 3 is 2.93 bits per heavy atom. The summed E-state index contributed by atoms with van der Waals surface area (Å²) in [6, 6.07) is 0. The van der Waals surface area contributed by atoms with E-state index in [0.717, 1.165) is 0 Å². The van der Waals surface area contributed by atoms with Gasteiger partial charge in [-0.1, -0.05) is 0 Å². The summed E-state index contributed by atoms with van der Waals surface area (Å²) < 4.78 is 0. The summed E-state index contributed by atoms with van der Waals surface area (Å²) in [5.74, 6) is 0.0253. The lowest BCUT2D eigenvalue weighted by molar-refractivity contribution is 0.974. The van der Waals surface area contributed by atoms with Gasteiger partial charge in [-0.25, -0.2) is 9.97 Å². The Morgan fingerprint density at radius 2 is 2.21 bits per heavy atom. The standard InChI is InChI=1S/C7H8N6O/c8-1-3-2-10-5-4(11-3)6(14)13-7(9)12-5/h2H,1,8H2,(H3,9,10,12,13,14). The van der Waals surface area contributed by atoms with Gasteiger partial charge in [0.2, 0.25) is 5.95 Å². The first-order valence-electron chi connectivity index (χ1n) is 3.92. The van der Waals surface area contributed by atoms with Crippen LogP contribution in [0.4, 0.5) is 5.95 Å². The van der Waals surface area contributed by atoms with E-state index in [2.05, 4.69) is 19.9 Å². The Kier molecular flexibility index (Phi) is 1.86. The normalized spacial score (nSPS) is 10.6. The molecule has 0 saturated carbocycles. The molecule has 0 atom stereocenters. The number of fused-ring (bicyclic) bond motifs is 1. The van der Waals surface area contributed by atoms with Crippen molar-refractivity contribution < 1.29 is 0 Å². The van der Waals surface area contributed by atoms with E-state index in [4.69, 9.17) is 11.5 Å². The van der Waals surface area contributed by atoms with Crippen molar-refractivity contribution in [1.29, 1.82) is 0 Å². The van der Waals surface area contributed by atoms with Crippen molar-refractivity contribution in [2.24, 2.45) is 5.73 Å². The highest BCUT2D eigenvalue weighted by Gasteiger charge is 2.05. The second-order valence-electron chi connectivity index (χ2n) is 2.69. The van der Waals surface area contributed by atoms with Crippen LogP contribution < -0.4 is 17.0 Å². The molecular formula is C7H8N6O. The Hall–Kier alpha value is -2.02. The number of nitrogens with one attached hydrogen (secondary N) is 1. The summed E-state index contributed by atoms with van der Waals surface area (Å²) in [4.78, 5) is 25.4. The molecule has 0 aliphatic rings. The van der Waals surface area contributed by atoms with E-state index in [1.54, 1.807) is 0 Å². The van der Waals surface area contributed by atoms with E-state index >= 15 is 0 Å². The van der Waals surface area contributed by atoms with Crippen molar-refractivity contribution in [3.8, 4) is 0 Å². The van der Waals surface area contributed by atoms with Crippen LogP contribution in [-0.4, -0.2) is 19.9 Å². The van der Waals surface area contributed by atoms with Crippen LogP contribution in [0.3, 0.4) is 0 Å². The molecule has 0 unspecified atom stereocenters. The summed E-state index contributed by atoms with van der Waals surface area (Å²) in [6.07, 6.45) is 1.47. The summed E-state index contributed by atoms with van der Waals surface area (Å²) in [5.41, 5.74) is 11.2. The van der Waals surface area contributed by atoms with Crippen LogP contribution in [0.1, 0.15) is 5.69 Å². The first kappa shape index (κ1) is 8.57. The van der Waals surface area contributed by atoms with Crippen molar-refractivity contribution in [2.45, 2.75) is 6.54 Å². The van der Waals surface area contributed by atoms with Crippen molar-refractivity contribution in [3.05, 3.63) is 22.2 Å². The number of nitrogens with zero attached hydrogens (tertiary/aromatic N) is 3. The van der Waals surface area contributed by atoms with E-state index in [1.807, 2.05) is 0 Å². The minimum atomic E-state index is -0.407. The fraction of sp³-hybridized carbons (Fsp3) is 0.143. The van der Waals surface area contributed by atoms with Crippen LogP contribution in [-0.2, 0) is 6.54 Å². The average molecular weight is 192 g/mol. The Morgan fingerprint density at radius 1 is 1.43 bits per heavy atom. The quantitative estimate of drug-likeness (QED) is 0.518. The van der Waals surface area contributed by atoms with E-state index in [0.29, 0.717) is 5.69 Å². The van der Waals surface area contributed by atoms with Crippen molar-refractivity contribution in [2.75, 3.05) is 5.73 Å². The Labute approximate surface area is 78.2 Å². The molecule has 0 spiro atoms. The van der Waals surface area contributed by atoms with Gasteiger partial charge in [0, 0.05) is 6.54 Å². The van der Waals surface area contributed by atoms with Crippen LogP contribution in [0, 0.1) is 0 Å². The number of nitrogens with two attached hydrogens (primary N) is 2. The number of anilines is 1. The van der Waals surface area contributed by atoms with Crippen LogP contribution in [0.2, 0.25) is 0 Å². The molecule has 0 bridgehead atoms. The molecular weight excluding hydrogens is 184 g/mol. The minimum absolute atomic E-state index is 0.0253.